The number of thiophene rings is 1. The predicted octanol–water partition coefficient (Wildman–Crippen LogP) is 2.94. The van der Waals surface area contributed by atoms with Crippen LogP contribution in [0.5, 0.6) is 0 Å². The van der Waals surface area contributed by atoms with Crippen LogP contribution in [0.15, 0.2) is 12.1 Å². The fourth-order valence-electron chi connectivity index (χ4n) is 2.82. The van der Waals surface area contributed by atoms with Crippen molar-refractivity contribution in [2.24, 2.45) is 11.8 Å². The maximum atomic E-state index is 2.58. The van der Waals surface area contributed by atoms with Gasteiger partial charge >= 0.3 is 0 Å². The molecule has 0 spiro atoms. The van der Waals surface area contributed by atoms with E-state index in [1.54, 1.807) is 0 Å². The maximum Gasteiger partial charge on any atom is 0.111 e. The van der Waals surface area contributed by atoms with Crippen LogP contribution in [0.25, 0.3) is 0 Å². The normalized spacial score (nSPS) is 30.6. The molecule has 1 aliphatic carbocycles. The minimum atomic E-state index is 0.853. The van der Waals surface area contributed by atoms with Crippen LogP contribution in [0, 0.1) is 18.8 Å². The fraction of sp³-hybridized carbons (Fsp3) is 0.714. The van der Waals surface area contributed by atoms with Crippen molar-refractivity contribution in [3.8, 4) is 0 Å². The molecule has 0 bridgehead atoms. The Morgan fingerprint density at radius 3 is 2.81 bits per heavy atom. The van der Waals surface area contributed by atoms with Gasteiger partial charge in [0.15, 0.2) is 0 Å². The third-order valence-electron chi connectivity index (χ3n) is 4.19. The molecule has 0 saturated heterocycles. The Morgan fingerprint density at radius 1 is 1.31 bits per heavy atom. The Kier molecular flexibility index (Phi) is 4.04. The quantitative estimate of drug-likeness (QED) is 0.834. The zero-order valence-electron chi connectivity index (χ0n) is 10.7. The lowest BCUT2D eigenvalue weighted by Crippen LogP contribution is -2.90. The first-order valence-electron chi connectivity index (χ1n) is 6.55. The van der Waals surface area contributed by atoms with E-state index in [1.807, 2.05) is 11.3 Å². The third kappa shape index (κ3) is 2.86. The molecular formula is C14H24NS+. The first-order valence-corrected chi connectivity index (χ1v) is 7.37. The van der Waals surface area contributed by atoms with Crippen molar-refractivity contribution in [1.82, 2.24) is 0 Å². The molecule has 1 fully saturated rings. The Bertz CT molecular complexity index is 331. The van der Waals surface area contributed by atoms with Crippen LogP contribution < -0.4 is 5.32 Å². The molecule has 0 amide bonds. The van der Waals surface area contributed by atoms with E-state index in [0.717, 1.165) is 17.9 Å². The van der Waals surface area contributed by atoms with Gasteiger partial charge in [-0.15, -0.1) is 11.3 Å². The third-order valence-corrected chi connectivity index (χ3v) is 5.21. The Labute approximate surface area is 103 Å². The van der Waals surface area contributed by atoms with Gasteiger partial charge in [0.2, 0.25) is 0 Å². The topological polar surface area (TPSA) is 16.6 Å². The number of quaternary nitrogens is 1. The molecule has 1 aromatic heterocycles. The summed E-state index contributed by atoms with van der Waals surface area (Å²) in [7, 11) is 0. The van der Waals surface area contributed by atoms with Gasteiger partial charge in [-0.25, -0.2) is 0 Å². The highest BCUT2D eigenvalue weighted by molar-refractivity contribution is 7.11. The summed E-state index contributed by atoms with van der Waals surface area (Å²) in [4.78, 5) is 2.97. The summed E-state index contributed by atoms with van der Waals surface area (Å²) in [6.45, 7) is 8.23. The number of aryl methyl sites for hydroxylation is 1. The monoisotopic (exact) mass is 238 g/mol. The second-order valence-corrected chi connectivity index (χ2v) is 6.76. The lowest BCUT2D eigenvalue weighted by Gasteiger charge is -2.32. The molecular weight excluding hydrogens is 214 g/mol. The van der Waals surface area contributed by atoms with E-state index in [4.69, 9.17) is 0 Å². The van der Waals surface area contributed by atoms with Crippen LogP contribution in [-0.4, -0.2) is 6.04 Å². The van der Waals surface area contributed by atoms with Gasteiger partial charge in [-0.05, 0) is 44.2 Å². The Morgan fingerprint density at radius 2 is 2.12 bits per heavy atom. The van der Waals surface area contributed by atoms with E-state index in [-0.39, 0.29) is 0 Å². The van der Waals surface area contributed by atoms with Gasteiger partial charge in [-0.3, -0.25) is 0 Å². The zero-order chi connectivity index (χ0) is 11.5. The Hall–Kier alpha value is -0.340. The average molecular weight is 238 g/mol. The first-order chi connectivity index (χ1) is 7.66. The van der Waals surface area contributed by atoms with Gasteiger partial charge in [-0.1, -0.05) is 13.8 Å². The molecule has 2 N–H and O–H groups in total. The molecule has 1 heterocycles. The van der Waals surface area contributed by atoms with E-state index < -0.39 is 0 Å². The fourth-order valence-corrected chi connectivity index (χ4v) is 3.68. The van der Waals surface area contributed by atoms with Gasteiger partial charge in [0.05, 0.1) is 10.9 Å². The lowest BCUT2D eigenvalue weighted by atomic mass is 9.78. The van der Waals surface area contributed by atoms with Crippen LogP contribution in [0.3, 0.4) is 0 Å². The zero-order valence-corrected chi connectivity index (χ0v) is 11.5. The molecule has 0 radical (unpaired) electrons. The standard InChI is InChI=1S/C14H23NS/c1-10-5-4-6-14(12(10)3)15-9-13-8-7-11(2)16-13/h7-8,10,12,14-15H,4-6,9H2,1-3H3/p+1/t10-,12-,14+/m1/s1. The highest BCUT2D eigenvalue weighted by atomic mass is 32.1. The van der Waals surface area contributed by atoms with Gasteiger partial charge in [0.25, 0.3) is 0 Å². The summed E-state index contributed by atoms with van der Waals surface area (Å²) in [6.07, 6.45) is 4.27. The van der Waals surface area contributed by atoms with E-state index in [0.29, 0.717) is 0 Å². The van der Waals surface area contributed by atoms with Gasteiger partial charge in [0.1, 0.15) is 6.54 Å². The summed E-state index contributed by atoms with van der Waals surface area (Å²) in [5.74, 6) is 1.80. The van der Waals surface area contributed by atoms with E-state index >= 15 is 0 Å². The molecule has 0 aromatic carbocycles. The molecule has 1 nitrogen and oxygen atoms in total. The second-order valence-electron chi connectivity index (χ2n) is 5.38. The molecule has 1 aromatic rings. The van der Waals surface area contributed by atoms with E-state index in [2.05, 4.69) is 38.2 Å². The first kappa shape index (κ1) is 12.1. The van der Waals surface area contributed by atoms with Crippen LogP contribution >= 0.6 is 11.3 Å². The largest absolute Gasteiger partial charge is 0.339 e. The van der Waals surface area contributed by atoms with Crippen molar-refractivity contribution < 1.29 is 5.32 Å². The van der Waals surface area contributed by atoms with Gasteiger partial charge < -0.3 is 5.32 Å². The molecule has 90 valence electrons. The molecule has 0 unspecified atom stereocenters. The maximum absolute atomic E-state index is 2.58. The van der Waals surface area contributed by atoms with Crippen LogP contribution in [0.4, 0.5) is 0 Å². The second kappa shape index (κ2) is 5.33. The number of rotatable bonds is 3. The van der Waals surface area contributed by atoms with Crippen molar-refractivity contribution >= 4 is 11.3 Å². The molecule has 3 atom stereocenters. The van der Waals surface area contributed by atoms with Crippen molar-refractivity contribution in [2.45, 2.75) is 52.6 Å². The molecule has 2 heteroatoms. The lowest BCUT2D eigenvalue weighted by molar-refractivity contribution is -0.713. The molecule has 16 heavy (non-hydrogen) atoms. The summed E-state index contributed by atoms with van der Waals surface area (Å²) in [6, 6.07) is 5.37. The molecule has 1 saturated carbocycles. The van der Waals surface area contributed by atoms with Crippen molar-refractivity contribution in [3.63, 3.8) is 0 Å². The molecule has 0 aliphatic heterocycles. The van der Waals surface area contributed by atoms with E-state index in [9.17, 15) is 0 Å². The highest BCUT2D eigenvalue weighted by Gasteiger charge is 2.29. The van der Waals surface area contributed by atoms with Crippen molar-refractivity contribution in [1.29, 1.82) is 0 Å². The predicted molar refractivity (Wildman–Crippen MR) is 70.7 cm³/mol. The van der Waals surface area contributed by atoms with Crippen LogP contribution in [0.2, 0.25) is 0 Å². The number of hydrogen-bond acceptors (Lipinski definition) is 1. The van der Waals surface area contributed by atoms with Gasteiger partial charge in [-0.2, -0.15) is 0 Å². The van der Waals surface area contributed by atoms with Crippen molar-refractivity contribution in [2.75, 3.05) is 0 Å². The van der Waals surface area contributed by atoms with Gasteiger partial charge in [0, 0.05) is 10.8 Å². The Balaban J connectivity index is 1.85. The highest BCUT2D eigenvalue weighted by Crippen LogP contribution is 2.27. The van der Waals surface area contributed by atoms with Crippen molar-refractivity contribution in [3.05, 3.63) is 21.9 Å². The number of nitrogens with two attached hydrogens (primary N) is 1. The molecule has 1 aliphatic rings. The molecule has 2 rings (SSSR count). The summed E-state index contributed by atoms with van der Waals surface area (Å²) in [5, 5.41) is 2.58. The summed E-state index contributed by atoms with van der Waals surface area (Å²) in [5.41, 5.74) is 0. The van der Waals surface area contributed by atoms with Crippen LogP contribution in [0.1, 0.15) is 42.9 Å². The van der Waals surface area contributed by atoms with Crippen LogP contribution in [-0.2, 0) is 6.54 Å². The smallest absolute Gasteiger partial charge is 0.111 e. The summed E-state index contributed by atoms with van der Waals surface area (Å²) >= 11 is 1.95. The minimum Gasteiger partial charge on any atom is -0.339 e. The minimum absolute atomic E-state index is 0.853. The number of hydrogen-bond donors (Lipinski definition) is 1. The van der Waals surface area contributed by atoms with E-state index in [1.165, 1.54) is 35.6 Å². The average Bonchev–Trinajstić information content (AvgIpc) is 2.67. The summed E-state index contributed by atoms with van der Waals surface area (Å²) < 4.78 is 0. The SMILES string of the molecule is Cc1ccc(C[NH2+][C@H]2CCC[C@@H](C)[C@H]2C)s1.